The molecular weight excluding hydrogens is 330 g/mol. The molecule has 0 aliphatic rings. The Kier molecular flexibility index (Phi) is 4.10. The van der Waals surface area contributed by atoms with Gasteiger partial charge in [0.2, 0.25) is 0 Å². The number of rotatable bonds is 5. The number of aromatic nitrogens is 3. The van der Waals surface area contributed by atoms with Crippen LogP contribution < -0.4 is 14.9 Å². The van der Waals surface area contributed by atoms with Crippen LogP contribution in [0.25, 0.3) is 21.9 Å². The van der Waals surface area contributed by atoms with Crippen molar-refractivity contribution in [3.8, 4) is 11.5 Å². The second kappa shape index (κ2) is 6.72. The number of fused-ring (bicyclic) bond motifs is 3. The highest BCUT2D eigenvalue weighted by Crippen LogP contribution is 2.27. The fourth-order valence-electron chi connectivity index (χ4n) is 2.83. The van der Waals surface area contributed by atoms with E-state index in [0.29, 0.717) is 11.6 Å². The van der Waals surface area contributed by atoms with Crippen molar-refractivity contribution in [1.29, 1.82) is 0 Å². The summed E-state index contributed by atoms with van der Waals surface area (Å²) in [6.45, 7) is 0. The molecule has 0 bridgehead atoms. The molecule has 0 saturated carbocycles. The Morgan fingerprint density at radius 3 is 2.81 bits per heavy atom. The standard InChI is InChI=1S/C19H17N5O2/c1-25-13-7-8-16(26-2)12(9-13)10-22-24-19-18-17(20-11-21-19)14-5-3-4-6-15(14)23-18/h3-11,23H,1-2H3,(H,20,21,24)/b22-10-. The van der Waals surface area contributed by atoms with Crippen LogP contribution in [-0.4, -0.2) is 35.4 Å². The van der Waals surface area contributed by atoms with Gasteiger partial charge in [-0.15, -0.1) is 0 Å². The number of hydrazone groups is 1. The second-order valence-corrected chi connectivity index (χ2v) is 5.59. The van der Waals surface area contributed by atoms with Gasteiger partial charge in [0.15, 0.2) is 5.82 Å². The summed E-state index contributed by atoms with van der Waals surface area (Å²) >= 11 is 0. The van der Waals surface area contributed by atoms with E-state index < -0.39 is 0 Å². The van der Waals surface area contributed by atoms with Crippen LogP contribution in [0.4, 0.5) is 5.82 Å². The Morgan fingerprint density at radius 1 is 1.08 bits per heavy atom. The number of benzene rings is 2. The minimum absolute atomic E-state index is 0.601. The van der Waals surface area contributed by atoms with Crippen LogP contribution in [0.1, 0.15) is 5.56 Å². The Morgan fingerprint density at radius 2 is 1.96 bits per heavy atom. The number of nitrogens with one attached hydrogen (secondary N) is 2. The monoisotopic (exact) mass is 347 g/mol. The molecule has 0 fully saturated rings. The Hall–Kier alpha value is -3.61. The molecule has 130 valence electrons. The number of nitrogens with zero attached hydrogens (tertiary/aromatic N) is 3. The Bertz CT molecular complexity index is 1100. The van der Waals surface area contributed by atoms with Crippen LogP contribution >= 0.6 is 0 Å². The van der Waals surface area contributed by atoms with Gasteiger partial charge in [-0.1, -0.05) is 18.2 Å². The molecule has 7 nitrogen and oxygen atoms in total. The van der Waals surface area contributed by atoms with Crippen molar-refractivity contribution in [1.82, 2.24) is 15.0 Å². The zero-order valence-electron chi connectivity index (χ0n) is 14.4. The summed E-state index contributed by atoms with van der Waals surface area (Å²) in [6.07, 6.45) is 3.19. The lowest BCUT2D eigenvalue weighted by atomic mass is 10.2. The Balaban J connectivity index is 1.67. The van der Waals surface area contributed by atoms with Gasteiger partial charge in [0.25, 0.3) is 0 Å². The van der Waals surface area contributed by atoms with Gasteiger partial charge in [-0.3, -0.25) is 5.43 Å². The highest BCUT2D eigenvalue weighted by atomic mass is 16.5. The maximum Gasteiger partial charge on any atom is 0.174 e. The first-order valence-corrected chi connectivity index (χ1v) is 8.02. The molecule has 0 saturated heterocycles. The first-order valence-electron chi connectivity index (χ1n) is 8.02. The van der Waals surface area contributed by atoms with Crippen LogP contribution in [-0.2, 0) is 0 Å². The van der Waals surface area contributed by atoms with Gasteiger partial charge in [-0.2, -0.15) is 5.10 Å². The molecule has 2 N–H and O–H groups in total. The summed E-state index contributed by atoms with van der Waals surface area (Å²) < 4.78 is 10.6. The minimum Gasteiger partial charge on any atom is -0.497 e. The molecule has 0 radical (unpaired) electrons. The zero-order valence-corrected chi connectivity index (χ0v) is 14.4. The van der Waals surface area contributed by atoms with Crippen LogP contribution in [0.3, 0.4) is 0 Å². The molecule has 2 aromatic carbocycles. The summed E-state index contributed by atoms with van der Waals surface area (Å²) in [6, 6.07) is 13.5. The third-order valence-corrected chi connectivity index (χ3v) is 4.10. The maximum absolute atomic E-state index is 5.35. The van der Waals surface area contributed by atoms with Crippen LogP contribution in [0.15, 0.2) is 53.9 Å². The average Bonchev–Trinajstić information content (AvgIpc) is 3.07. The predicted molar refractivity (Wildman–Crippen MR) is 102 cm³/mol. The molecule has 0 aliphatic heterocycles. The van der Waals surface area contributed by atoms with Crippen molar-refractivity contribution >= 4 is 34.0 Å². The lowest BCUT2D eigenvalue weighted by Gasteiger charge is -2.07. The van der Waals surface area contributed by atoms with E-state index in [1.165, 1.54) is 6.33 Å². The summed E-state index contributed by atoms with van der Waals surface area (Å²) in [5.41, 5.74) is 6.44. The van der Waals surface area contributed by atoms with Gasteiger partial charge in [0, 0.05) is 16.5 Å². The number of H-pyrrole nitrogens is 1. The van der Waals surface area contributed by atoms with Gasteiger partial charge in [-0.05, 0) is 24.3 Å². The quantitative estimate of drug-likeness (QED) is 0.426. The Labute approximate surface area is 149 Å². The van der Waals surface area contributed by atoms with Gasteiger partial charge in [0.1, 0.15) is 28.9 Å². The van der Waals surface area contributed by atoms with Crippen LogP contribution in [0.5, 0.6) is 11.5 Å². The number of methoxy groups -OCH3 is 2. The van der Waals surface area contributed by atoms with E-state index in [1.807, 2.05) is 42.5 Å². The average molecular weight is 347 g/mol. The van der Waals surface area contributed by atoms with E-state index >= 15 is 0 Å². The van der Waals surface area contributed by atoms with Crippen LogP contribution in [0, 0.1) is 0 Å². The van der Waals surface area contributed by atoms with Crippen molar-refractivity contribution in [3.05, 3.63) is 54.4 Å². The third-order valence-electron chi connectivity index (χ3n) is 4.10. The van der Waals surface area contributed by atoms with Crippen molar-refractivity contribution in [2.75, 3.05) is 19.6 Å². The highest BCUT2D eigenvalue weighted by Gasteiger charge is 2.09. The van der Waals surface area contributed by atoms with Gasteiger partial charge < -0.3 is 14.5 Å². The molecule has 7 heteroatoms. The van der Waals surface area contributed by atoms with Gasteiger partial charge in [0.05, 0.1) is 20.4 Å². The smallest absolute Gasteiger partial charge is 0.174 e. The van der Waals surface area contributed by atoms with Gasteiger partial charge in [-0.25, -0.2) is 9.97 Å². The zero-order chi connectivity index (χ0) is 17.9. The first-order chi connectivity index (χ1) is 12.8. The molecule has 26 heavy (non-hydrogen) atoms. The molecule has 0 amide bonds. The fourth-order valence-corrected chi connectivity index (χ4v) is 2.83. The number of para-hydroxylation sites is 1. The SMILES string of the molecule is COc1ccc(OC)c(/C=N\Nc2ncnc3c2[nH]c2ccccc23)c1. The normalized spacial score (nSPS) is 11.3. The number of ether oxygens (including phenoxy) is 2. The largest absolute Gasteiger partial charge is 0.497 e. The van der Waals surface area contributed by atoms with E-state index in [0.717, 1.165) is 33.2 Å². The van der Waals surface area contributed by atoms with E-state index in [-0.39, 0.29) is 0 Å². The molecule has 0 atom stereocenters. The number of anilines is 1. The van der Waals surface area contributed by atoms with Crippen molar-refractivity contribution in [2.45, 2.75) is 0 Å². The lowest BCUT2D eigenvalue weighted by Crippen LogP contribution is -1.97. The number of hydrogen-bond acceptors (Lipinski definition) is 6. The third kappa shape index (κ3) is 2.79. The number of hydrogen-bond donors (Lipinski definition) is 2. The summed E-state index contributed by atoms with van der Waals surface area (Å²) in [5, 5.41) is 5.34. The molecule has 2 heterocycles. The number of aromatic amines is 1. The molecule has 2 aromatic heterocycles. The van der Waals surface area contributed by atoms with Crippen molar-refractivity contribution in [3.63, 3.8) is 0 Å². The van der Waals surface area contributed by atoms with Crippen LogP contribution in [0.2, 0.25) is 0 Å². The molecular formula is C19H17N5O2. The topological polar surface area (TPSA) is 84.4 Å². The van der Waals surface area contributed by atoms with E-state index in [9.17, 15) is 0 Å². The fraction of sp³-hybridized carbons (Fsp3) is 0.105. The molecule has 0 aliphatic carbocycles. The predicted octanol–water partition coefficient (Wildman–Crippen LogP) is 3.57. The lowest BCUT2D eigenvalue weighted by molar-refractivity contribution is 0.402. The summed E-state index contributed by atoms with van der Waals surface area (Å²) in [5.74, 6) is 2.03. The van der Waals surface area contributed by atoms with Gasteiger partial charge >= 0.3 is 0 Å². The minimum atomic E-state index is 0.601. The summed E-state index contributed by atoms with van der Waals surface area (Å²) in [7, 11) is 3.24. The highest BCUT2D eigenvalue weighted by molar-refractivity contribution is 6.08. The molecule has 4 aromatic rings. The first kappa shape index (κ1) is 15.9. The second-order valence-electron chi connectivity index (χ2n) is 5.59. The molecule has 0 spiro atoms. The van der Waals surface area contributed by atoms with E-state index in [4.69, 9.17) is 9.47 Å². The van der Waals surface area contributed by atoms with E-state index in [1.54, 1.807) is 20.4 Å². The van der Waals surface area contributed by atoms with Crippen molar-refractivity contribution < 1.29 is 9.47 Å². The van der Waals surface area contributed by atoms with Crippen molar-refractivity contribution in [2.24, 2.45) is 5.10 Å². The molecule has 4 rings (SSSR count). The van der Waals surface area contributed by atoms with E-state index in [2.05, 4.69) is 25.5 Å². The molecule has 0 unspecified atom stereocenters. The summed E-state index contributed by atoms with van der Waals surface area (Å²) in [4.78, 5) is 12.0. The maximum atomic E-state index is 5.35.